The third kappa shape index (κ3) is 7.97. The summed E-state index contributed by atoms with van der Waals surface area (Å²) in [6, 6.07) is 29.3. The number of hydrogen-bond donors (Lipinski definition) is 1. The highest BCUT2D eigenvalue weighted by molar-refractivity contribution is 5.85. The number of amides is 2. The molecule has 5 nitrogen and oxygen atoms in total. The lowest BCUT2D eigenvalue weighted by atomic mass is 10.1. The molecule has 3 aromatic rings. The van der Waals surface area contributed by atoms with Crippen LogP contribution in [0.3, 0.4) is 0 Å². The molecule has 0 heterocycles. The average Bonchev–Trinajstić information content (AvgIpc) is 2.83. The minimum absolute atomic E-state index is 0.0411. The van der Waals surface area contributed by atoms with Crippen LogP contribution in [0.2, 0.25) is 0 Å². The molecule has 0 unspecified atom stereocenters. The molecule has 0 aliphatic carbocycles. The number of carbonyl (C=O) groups is 2. The second-order valence-electron chi connectivity index (χ2n) is 7.23. The summed E-state index contributed by atoms with van der Waals surface area (Å²) in [6.07, 6.45) is 1.54. The first-order valence-corrected chi connectivity index (χ1v) is 10.5. The van der Waals surface area contributed by atoms with Gasteiger partial charge in [0.15, 0.2) is 6.61 Å². The molecule has 0 saturated heterocycles. The Morgan fingerprint density at radius 2 is 1.19 bits per heavy atom. The maximum absolute atomic E-state index is 12.8. The molecule has 3 rings (SSSR count). The molecule has 3 aromatic carbocycles. The molecule has 0 aromatic heterocycles. The van der Waals surface area contributed by atoms with Crippen molar-refractivity contribution in [1.29, 1.82) is 0 Å². The van der Waals surface area contributed by atoms with E-state index in [9.17, 15) is 9.59 Å². The van der Waals surface area contributed by atoms with Gasteiger partial charge >= 0.3 is 0 Å². The van der Waals surface area contributed by atoms with Crippen molar-refractivity contribution in [3.63, 3.8) is 0 Å². The van der Waals surface area contributed by atoms with Crippen LogP contribution in [0.25, 0.3) is 0 Å². The first kappa shape index (κ1) is 22.1. The Morgan fingerprint density at radius 1 is 0.710 bits per heavy atom. The van der Waals surface area contributed by atoms with E-state index in [1.165, 1.54) is 11.1 Å². The zero-order valence-electron chi connectivity index (χ0n) is 17.6. The summed E-state index contributed by atoms with van der Waals surface area (Å²) in [5, 5.41) is 2.67. The summed E-state index contributed by atoms with van der Waals surface area (Å²) < 4.78 is 5.43. The molecule has 0 bridgehead atoms. The van der Waals surface area contributed by atoms with Gasteiger partial charge in [-0.25, -0.2) is 0 Å². The van der Waals surface area contributed by atoms with Crippen molar-refractivity contribution in [1.82, 2.24) is 10.2 Å². The molecule has 2 amide bonds. The van der Waals surface area contributed by atoms with Crippen LogP contribution in [-0.4, -0.2) is 43.0 Å². The topological polar surface area (TPSA) is 58.6 Å². The van der Waals surface area contributed by atoms with Gasteiger partial charge in [-0.2, -0.15) is 0 Å². The maximum Gasteiger partial charge on any atom is 0.258 e. The lowest BCUT2D eigenvalue weighted by Gasteiger charge is -2.23. The molecule has 0 atom stereocenters. The van der Waals surface area contributed by atoms with Crippen LogP contribution in [0.4, 0.5) is 0 Å². The summed E-state index contributed by atoms with van der Waals surface area (Å²) >= 11 is 0. The van der Waals surface area contributed by atoms with Gasteiger partial charge in [-0.05, 0) is 36.1 Å². The molecule has 5 heteroatoms. The molecule has 0 fully saturated rings. The zero-order valence-corrected chi connectivity index (χ0v) is 17.6. The van der Waals surface area contributed by atoms with Gasteiger partial charge in [-0.15, -0.1) is 0 Å². The summed E-state index contributed by atoms with van der Waals surface area (Å²) in [5.74, 6) is 0.208. The highest BCUT2D eigenvalue weighted by Gasteiger charge is 2.15. The van der Waals surface area contributed by atoms with Crippen LogP contribution in [0, 0.1) is 0 Å². The van der Waals surface area contributed by atoms with Crippen molar-refractivity contribution in [3.8, 4) is 5.75 Å². The fraction of sp³-hybridized carbons (Fsp3) is 0.231. The van der Waals surface area contributed by atoms with E-state index in [1.807, 2.05) is 59.5 Å². The van der Waals surface area contributed by atoms with E-state index in [0.717, 1.165) is 12.8 Å². The van der Waals surface area contributed by atoms with Crippen LogP contribution in [-0.2, 0) is 22.4 Å². The Kier molecular flexibility index (Phi) is 8.68. The number of carbonyl (C=O) groups excluding carboxylic acids is 2. The lowest BCUT2D eigenvalue weighted by Crippen LogP contribution is -2.43. The lowest BCUT2D eigenvalue weighted by molar-refractivity contribution is -0.133. The standard InChI is InChI=1S/C26H28N2O3/c29-25(21-31-24-14-8-3-9-15-24)27-20-26(30)28(18-16-22-10-4-1-5-11-22)19-17-23-12-6-2-7-13-23/h1-15H,16-21H2,(H,27,29). The second kappa shape index (κ2) is 12.2. The molecule has 31 heavy (non-hydrogen) atoms. The van der Waals surface area contributed by atoms with Crippen molar-refractivity contribution in [2.24, 2.45) is 0 Å². The maximum atomic E-state index is 12.8. The summed E-state index contributed by atoms with van der Waals surface area (Å²) in [7, 11) is 0. The van der Waals surface area contributed by atoms with Crippen molar-refractivity contribution in [2.75, 3.05) is 26.2 Å². The Morgan fingerprint density at radius 3 is 1.71 bits per heavy atom. The molecule has 0 aliphatic heterocycles. The highest BCUT2D eigenvalue weighted by atomic mass is 16.5. The first-order chi connectivity index (χ1) is 15.2. The van der Waals surface area contributed by atoms with E-state index in [1.54, 1.807) is 12.1 Å². The first-order valence-electron chi connectivity index (χ1n) is 10.5. The average molecular weight is 417 g/mol. The van der Waals surface area contributed by atoms with Crippen LogP contribution < -0.4 is 10.1 Å². The molecule has 0 aliphatic rings. The molecule has 0 radical (unpaired) electrons. The van der Waals surface area contributed by atoms with Crippen LogP contribution in [0.1, 0.15) is 11.1 Å². The number of benzene rings is 3. The molecular weight excluding hydrogens is 388 g/mol. The minimum atomic E-state index is -0.316. The van der Waals surface area contributed by atoms with Crippen LogP contribution in [0.5, 0.6) is 5.75 Å². The minimum Gasteiger partial charge on any atom is -0.484 e. The Hall–Kier alpha value is -3.60. The molecule has 1 N–H and O–H groups in total. The Balaban J connectivity index is 1.50. The van der Waals surface area contributed by atoms with Crippen LogP contribution in [0.15, 0.2) is 91.0 Å². The molecular formula is C26H28N2O3. The van der Waals surface area contributed by atoms with E-state index in [4.69, 9.17) is 4.74 Å². The summed E-state index contributed by atoms with van der Waals surface area (Å²) in [6.45, 7) is 1.05. The van der Waals surface area contributed by atoms with Crippen molar-refractivity contribution >= 4 is 11.8 Å². The van der Waals surface area contributed by atoms with E-state index in [-0.39, 0.29) is 25.0 Å². The van der Waals surface area contributed by atoms with Gasteiger partial charge in [0.05, 0.1) is 6.54 Å². The van der Waals surface area contributed by atoms with Gasteiger partial charge in [0.1, 0.15) is 5.75 Å². The van der Waals surface area contributed by atoms with Gasteiger partial charge < -0.3 is 15.0 Å². The Bertz CT molecular complexity index is 887. The zero-order chi connectivity index (χ0) is 21.7. The number of ether oxygens (including phenoxy) is 1. The van der Waals surface area contributed by atoms with E-state index in [2.05, 4.69) is 29.6 Å². The smallest absolute Gasteiger partial charge is 0.258 e. The van der Waals surface area contributed by atoms with Crippen LogP contribution >= 0.6 is 0 Å². The van der Waals surface area contributed by atoms with Gasteiger partial charge in [0.25, 0.3) is 5.91 Å². The van der Waals surface area contributed by atoms with E-state index < -0.39 is 0 Å². The van der Waals surface area contributed by atoms with E-state index in [0.29, 0.717) is 18.8 Å². The predicted molar refractivity (Wildman–Crippen MR) is 122 cm³/mol. The molecule has 0 spiro atoms. The molecule has 160 valence electrons. The van der Waals surface area contributed by atoms with Gasteiger partial charge in [0, 0.05) is 13.1 Å². The van der Waals surface area contributed by atoms with Crippen molar-refractivity contribution in [2.45, 2.75) is 12.8 Å². The number of para-hydroxylation sites is 1. The second-order valence-corrected chi connectivity index (χ2v) is 7.23. The molecule has 0 saturated carbocycles. The van der Waals surface area contributed by atoms with Gasteiger partial charge in [-0.3, -0.25) is 9.59 Å². The van der Waals surface area contributed by atoms with Crippen molar-refractivity contribution in [3.05, 3.63) is 102 Å². The quantitative estimate of drug-likeness (QED) is 0.521. The monoisotopic (exact) mass is 416 g/mol. The van der Waals surface area contributed by atoms with Gasteiger partial charge in [-0.1, -0.05) is 78.9 Å². The number of nitrogens with one attached hydrogen (secondary N) is 1. The number of nitrogens with zero attached hydrogens (tertiary/aromatic N) is 1. The van der Waals surface area contributed by atoms with E-state index >= 15 is 0 Å². The third-order valence-electron chi connectivity index (χ3n) is 4.93. The fourth-order valence-electron chi connectivity index (χ4n) is 3.18. The van der Waals surface area contributed by atoms with Crippen molar-refractivity contribution < 1.29 is 14.3 Å². The predicted octanol–water partition coefficient (Wildman–Crippen LogP) is 3.50. The largest absolute Gasteiger partial charge is 0.484 e. The summed E-state index contributed by atoms with van der Waals surface area (Å²) in [4.78, 5) is 26.7. The third-order valence-corrected chi connectivity index (χ3v) is 4.93. The highest BCUT2D eigenvalue weighted by Crippen LogP contribution is 2.08. The fourth-order valence-corrected chi connectivity index (χ4v) is 3.18. The SMILES string of the molecule is O=C(COc1ccccc1)NCC(=O)N(CCc1ccccc1)CCc1ccccc1. The number of hydrogen-bond acceptors (Lipinski definition) is 3. The van der Waals surface area contributed by atoms with Gasteiger partial charge in [0.2, 0.25) is 5.91 Å². The Labute approximate surface area is 183 Å². The normalized spacial score (nSPS) is 10.3. The number of rotatable bonds is 11. The summed E-state index contributed by atoms with van der Waals surface area (Å²) in [5.41, 5.74) is 2.36.